The van der Waals surface area contributed by atoms with Crippen LogP contribution in [0.25, 0.3) is 0 Å². The average Bonchev–Trinajstić information content (AvgIpc) is 2.89. The summed E-state index contributed by atoms with van der Waals surface area (Å²) < 4.78 is 16.0. The van der Waals surface area contributed by atoms with Gasteiger partial charge in [-0.1, -0.05) is 6.07 Å². The first-order chi connectivity index (χ1) is 11.7. The highest BCUT2D eigenvalue weighted by atomic mass is 16.5. The number of fused-ring (bicyclic) bond motifs is 2. The standard InChI is InChI=1S/C18H26N2O4/c1-22-15-9-13-5-6-14(10-15)20(13)18(21)19-11-12-4-7-16(23-2)17(8-12)24-3/h4,7-8,13-15H,5-6,9-11H2,1-3H3,(H,19,21). The van der Waals surface area contributed by atoms with Crippen LogP contribution in [0.2, 0.25) is 0 Å². The molecule has 2 unspecified atom stereocenters. The number of ether oxygens (including phenoxy) is 3. The van der Waals surface area contributed by atoms with Gasteiger partial charge >= 0.3 is 6.03 Å². The molecule has 6 heteroatoms. The fourth-order valence-electron chi connectivity index (χ4n) is 3.91. The number of hydrogen-bond acceptors (Lipinski definition) is 4. The predicted octanol–water partition coefficient (Wildman–Crippen LogP) is 2.56. The minimum atomic E-state index is 0.0202. The maximum absolute atomic E-state index is 12.6. The van der Waals surface area contributed by atoms with E-state index in [1.54, 1.807) is 21.3 Å². The van der Waals surface area contributed by atoms with Crippen molar-refractivity contribution in [1.82, 2.24) is 10.2 Å². The fraction of sp³-hybridized carbons (Fsp3) is 0.611. The molecule has 0 spiro atoms. The molecule has 24 heavy (non-hydrogen) atoms. The van der Waals surface area contributed by atoms with Gasteiger partial charge in [0.25, 0.3) is 0 Å². The molecule has 2 heterocycles. The lowest BCUT2D eigenvalue weighted by atomic mass is 10.0. The molecule has 2 amide bonds. The zero-order valence-corrected chi connectivity index (χ0v) is 14.6. The molecule has 1 N–H and O–H groups in total. The van der Waals surface area contributed by atoms with Crippen molar-refractivity contribution in [2.75, 3.05) is 21.3 Å². The molecule has 2 bridgehead atoms. The van der Waals surface area contributed by atoms with Crippen molar-refractivity contribution in [3.8, 4) is 11.5 Å². The number of hydrogen-bond donors (Lipinski definition) is 1. The van der Waals surface area contributed by atoms with Crippen LogP contribution in [-0.2, 0) is 11.3 Å². The molecule has 6 nitrogen and oxygen atoms in total. The fourth-order valence-corrected chi connectivity index (χ4v) is 3.91. The smallest absolute Gasteiger partial charge is 0.318 e. The van der Waals surface area contributed by atoms with E-state index in [2.05, 4.69) is 5.32 Å². The van der Waals surface area contributed by atoms with Crippen molar-refractivity contribution in [3.05, 3.63) is 23.8 Å². The Bertz CT molecular complexity index is 578. The van der Waals surface area contributed by atoms with Gasteiger partial charge in [-0.15, -0.1) is 0 Å². The topological polar surface area (TPSA) is 60.0 Å². The lowest BCUT2D eigenvalue weighted by molar-refractivity contribution is 0.0208. The number of nitrogens with one attached hydrogen (secondary N) is 1. The number of piperidine rings is 1. The summed E-state index contributed by atoms with van der Waals surface area (Å²) in [5.74, 6) is 1.36. The van der Waals surface area contributed by atoms with Gasteiger partial charge in [-0.3, -0.25) is 0 Å². The quantitative estimate of drug-likeness (QED) is 0.899. The Labute approximate surface area is 143 Å². The lowest BCUT2D eigenvalue weighted by Gasteiger charge is -2.38. The SMILES string of the molecule is COc1ccc(CNC(=O)N2C3CCC2CC(OC)C3)cc1OC. The second kappa shape index (κ2) is 7.30. The van der Waals surface area contributed by atoms with Crippen LogP contribution in [0.5, 0.6) is 11.5 Å². The normalized spacial score (nSPS) is 25.5. The highest BCUT2D eigenvalue weighted by Gasteiger charge is 2.43. The molecule has 0 aromatic heterocycles. The van der Waals surface area contributed by atoms with Crippen LogP contribution < -0.4 is 14.8 Å². The Balaban J connectivity index is 1.60. The molecular weight excluding hydrogens is 308 g/mol. The summed E-state index contributed by atoms with van der Waals surface area (Å²) >= 11 is 0. The van der Waals surface area contributed by atoms with Crippen LogP contribution in [0.1, 0.15) is 31.2 Å². The van der Waals surface area contributed by atoms with Crippen LogP contribution in [0.4, 0.5) is 4.79 Å². The first-order valence-electron chi connectivity index (χ1n) is 8.46. The van der Waals surface area contributed by atoms with E-state index in [1.165, 1.54) is 0 Å². The van der Waals surface area contributed by atoms with Crippen molar-refractivity contribution in [1.29, 1.82) is 0 Å². The van der Waals surface area contributed by atoms with E-state index in [0.29, 0.717) is 30.1 Å². The van der Waals surface area contributed by atoms with Gasteiger partial charge in [0.1, 0.15) is 0 Å². The maximum Gasteiger partial charge on any atom is 0.318 e. The number of methoxy groups -OCH3 is 3. The summed E-state index contributed by atoms with van der Waals surface area (Å²) in [6.07, 6.45) is 4.33. The Morgan fingerprint density at radius 2 is 1.79 bits per heavy atom. The average molecular weight is 334 g/mol. The largest absolute Gasteiger partial charge is 0.493 e. The van der Waals surface area contributed by atoms with Gasteiger partial charge in [0.05, 0.1) is 20.3 Å². The molecule has 0 aliphatic carbocycles. The molecule has 0 saturated carbocycles. The lowest BCUT2D eigenvalue weighted by Crippen LogP contribution is -2.52. The summed E-state index contributed by atoms with van der Waals surface area (Å²) in [5, 5.41) is 3.04. The molecule has 2 atom stereocenters. The molecule has 2 saturated heterocycles. The third kappa shape index (κ3) is 3.29. The number of amides is 2. The van der Waals surface area contributed by atoms with Crippen molar-refractivity contribution in [2.45, 2.75) is 50.4 Å². The molecule has 2 fully saturated rings. The molecule has 0 radical (unpaired) electrons. The van der Waals surface area contributed by atoms with Gasteiger partial charge in [-0.05, 0) is 43.4 Å². The van der Waals surface area contributed by atoms with E-state index in [4.69, 9.17) is 14.2 Å². The highest BCUT2D eigenvalue weighted by molar-refractivity contribution is 5.75. The van der Waals surface area contributed by atoms with E-state index in [-0.39, 0.29) is 12.1 Å². The van der Waals surface area contributed by atoms with Crippen molar-refractivity contribution in [2.24, 2.45) is 0 Å². The highest BCUT2D eigenvalue weighted by Crippen LogP contribution is 2.36. The van der Waals surface area contributed by atoms with Gasteiger partial charge in [0, 0.05) is 25.7 Å². The van der Waals surface area contributed by atoms with Gasteiger partial charge < -0.3 is 24.4 Å². The van der Waals surface area contributed by atoms with Gasteiger partial charge in [-0.2, -0.15) is 0 Å². The summed E-state index contributed by atoms with van der Waals surface area (Å²) in [6, 6.07) is 6.32. The minimum absolute atomic E-state index is 0.0202. The van der Waals surface area contributed by atoms with E-state index < -0.39 is 0 Å². The molecule has 132 valence electrons. The molecular formula is C18H26N2O4. The number of urea groups is 1. The van der Waals surface area contributed by atoms with Crippen LogP contribution in [0.3, 0.4) is 0 Å². The summed E-state index contributed by atoms with van der Waals surface area (Å²) in [4.78, 5) is 14.6. The second-order valence-corrected chi connectivity index (χ2v) is 6.47. The minimum Gasteiger partial charge on any atom is -0.493 e. The van der Waals surface area contributed by atoms with E-state index in [1.807, 2.05) is 23.1 Å². The van der Waals surface area contributed by atoms with Crippen molar-refractivity contribution >= 4 is 6.03 Å². The molecule has 2 aliphatic heterocycles. The van der Waals surface area contributed by atoms with E-state index >= 15 is 0 Å². The van der Waals surface area contributed by atoms with Crippen LogP contribution >= 0.6 is 0 Å². The Hall–Kier alpha value is -1.95. The van der Waals surface area contributed by atoms with Crippen LogP contribution in [0.15, 0.2) is 18.2 Å². The second-order valence-electron chi connectivity index (χ2n) is 6.47. The zero-order chi connectivity index (χ0) is 17.1. The zero-order valence-electron chi connectivity index (χ0n) is 14.6. The maximum atomic E-state index is 12.6. The summed E-state index contributed by atoms with van der Waals surface area (Å²) in [7, 11) is 4.98. The number of nitrogens with zero attached hydrogens (tertiary/aromatic N) is 1. The van der Waals surface area contributed by atoms with Gasteiger partial charge in [0.2, 0.25) is 0 Å². The van der Waals surface area contributed by atoms with Gasteiger partial charge in [0.15, 0.2) is 11.5 Å². The molecule has 2 aliphatic rings. The Morgan fingerprint density at radius 3 is 2.38 bits per heavy atom. The number of rotatable bonds is 5. The summed E-state index contributed by atoms with van der Waals surface area (Å²) in [5.41, 5.74) is 0.986. The first-order valence-corrected chi connectivity index (χ1v) is 8.46. The van der Waals surface area contributed by atoms with Gasteiger partial charge in [-0.25, -0.2) is 4.79 Å². The van der Waals surface area contributed by atoms with Crippen LogP contribution in [-0.4, -0.2) is 50.4 Å². The third-order valence-electron chi connectivity index (χ3n) is 5.15. The third-order valence-corrected chi connectivity index (χ3v) is 5.15. The number of carbonyl (C=O) groups is 1. The Morgan fingerprint density at radius 1 is 1.12 bits per heavy atom. The van der Waals surface area contributed by atoms with Crippen molar-refractivity contribution in [3.63, 3.8) is 0 Å². The Kier molecular flexibility index (Phi) is 5.14. The number of benzene rings is 1. The van der Waals surface area contributed by atoms with Crippen LogP contribution in [0, 0.1) is 0 Å². The molecule has 3 rings (SSSR count). The van der Waals surface area contributed by atoms with Crippen molar-refractivity contribution < 1.29 is 19.0 Å². The number of carbonyl (C=O) groups excluding carboxylic acids is 1. The molecule has 1 aromatic rings. The first kappa shape index (κ1) is 16.9. The summed E-state index contributed by atoms with van der Waals surface area (Å²) in [6.45, 7) is 0.475. The van der Waals surface area contributed by atoms with E-state index in [9.17, 15) is 4.79 Å². The predicted molar refractivity (Wildman–Crippen MR) is 90.5 cm³/mol. The van der Waals surface area contributed by atoms with E-state index in [0.717, 1.165) is 31.2 Å². The monoisotopic (exact) mass is 334 g/mol. The molecule has 1 aromatic carbocycles.